The zero-order valence-electron chi connectivity index (χ0n) is 32.3. The Balaban J connectivity index is 1.02. The minimum atomic E-state index is -0.613. The van der Waals surface area contributed by atoms with Crippen LogP contribution in [0.4, 0.5) is 5.82 Å². The van der Waals surface area contributed by atoms with Crippen molar-refractivity contribution in [1.82, 2.24) is 29.0 Å². The highest BCUT2D eigenvalue weighted by Gasteiger charge is 2.55. The summed E-state index contributed by atoms with van der Waals surface area (Å²) in [7, 11) is 0.378. The van der Waals surface area contributed by atoms with Gasteiger partial charge in [0.25, 0.3) is 0 Å². The van der Waals surface area contributed by atoms with Crippen molar-refractivity contribution in [2.24, 2.45) is 17.8 Å². The lowest BCUT2D eigenvalue weighted by atomic mass is 9.72. The van der Waals surface area contributed by atoms with Crippen LogP contribution in [0.25, 0.3) is 22.1 Å². The molecule has 2 saturated carbocycles. The lowest BCUT2D eigenvalue weighted by molar-refractivity contribution is -0.161. The number of imidazole rings is 1. The van der Waals surface area contributed by atoms with Gasteiger partial charge < -0.3 is 34.0 Å². The second-order valence-electron chi connectivity index (χ2n) is 17.4. The Kier molecular flexibility index (Phi) is 10.3. The van der Waals surface area contributed by atoms with E-state index in [1.54, 1.807) is 6.33 Å². The number of aromatic nitrogens is 5. The van der Waals surface area contributed by atoms with E-state index in [-0.39, 0.29) is 23.7 Å². The first-order valence-corrected chi connectivity index (χ1v) is 21.2. The van der Waals surface area contributed by atoms with E-state index in [1.807, 2.05) is 19.9 Å². The Morgan fingerprint density at radius 2 is 1.80 bits per heavy atom. The predicted octanol–water partition coefficient (Wildman–Crippen LogP) is 6.57. The van der Waals surface area contributed by atoms with Crippen LogP contribution in [0, 0.1) is 17.8 Å². The van der Waals surface area contributed by atoms with Gasteiger partial charge in [-0.1, -0.05) is 26.8 Å². The maximum atomic E-state index is 6.63. The molecule has 2 aliphatic carbocycles. The molecule has 3 fully saturated rings. The standard InChI is InChI=1S/C40H60N7O3S/c1-25(2)45(22-28-19-33(36-35(28)49-40(6,7)50-36)46-13-12-30-37(41)42-23-43-38(30)46)21-27-16-26(17-27)18-34-44-31-20-29(39(3,4)5)10-11-32(31)47(34)24-48-14-15-51(8)9/h10-13,20,23,25-28,33,35-36H,14-19,21-22,24H2,1-9H3,(H2,41,42,43)/q+1/t26?,27?,28?,33-,35-,36+/m1/s1. The summed E-state index contributed by atoms with van der Waals surface area (Å²) in [6.07, 6.45) is 12.6. The number of rotatable bonds is 13. The van der Waals surface area contributed by atoms with Crippen LogP contribution in [0.2, 0.25) is 0 Å². The molecule has 3 aromatic heterocycles. The third-order valence-electron chi connectivity index (χ3n) is 11.5. The fourth-order valence-electron chi connectivity index (χ4n) is 8.67. The molecule has 1 unspecified atom stereocenters. The highest BCUT2D eigenvalue weighted by atomic mass is 32.2. The van der Waals surface area contributed by atoms with E-state index in [9.17, 15) is 0 Å². The van der Waals surface area contributed by atoms with Gasteiger partial charge in [-0.3, -0.25) is 0 Å². The monoisotopic (exact) mass is 718 g/mol. The van der Waals surface area contributed by atoms with Crippen molar-refractivity contribution in [3.05, 3.63) is 48.2 Å². The van der Waals surface area contributed by atoms with Gasteiger partial charge in [0.1, 0.15) is 42.2 Å². The second-order valence-corrected chi connectivity index (χ2v) is 19.8. The maximum Gasteiger partial charge on any atom is 0.163 e. The van der Waals surface area contributed by atoms with Gasteiger partial charge in [-0.15, -0.1) is 0 Å². The molecule has 11 heteroatoms. The predicted molar refractivity (Wildman–Crippen MR) is 208 cm³/mol. The molecule has 51 heavy (non-hydrogen) atoms. The van der Waals surface area contributed by atoms with Gasteiger partial charge in [-0.25, -0.2) is 15.0 Å². The first-order chi connectivity index (χ1) is 24.2. The van der Waals surface area contributed by atoms with Crippen LogP contribution in [0.5, 0.6) is 0 Å². The van der Waals surface area contributed by atoms with Crippen LogP contribution < -0.4 is 5.73 Å². The average Bonchev–Trinajstić information content (AvgIpc) is 3.77. The number of anilines is 1. The summed E-state index contributed by atoms with van der Waals surface area (Å²) in [4.78, 5) is 16.7. The fourth-order valence-corrected chi connectivity index (χ4v) is 9.12. The number of nitrogens with two attached hydrogens (primary N) is 1. The molecule has 10 nitrogen and oxygen atoms in total. The zero-order valence-corrected chi connectivity index (χ0v) is 33.1. The minimum absolute atomic E-state index is 0.0343. The normalized spacial score (nSPS) is 26.3. The Bertz CT molecular complexity index is 1820. The molecule has 0 spiro atoms. The summed E-state index contributed by atoms with van der Waals surface area (Å²) in [6, 6.07) is 9.41. The van der Waals surface area contributed by atoms with Crippen LogP contribution in [0.15, 0.2) is 36.8 Å². The summed E-state index contributed by atoms with van der Waals surface area (Å²) in [5.74, 6) is 3.84. The molecule has 0 bridgehead atoms. The molecule has 0 radical (unpaired) electrons. The zero-order chi connectivity index (χ0) is 36.2. The van der Waals surface area contributed by atoms with Gasteiger partial charge in [0, 0.05) is 37.7 Å². The third-order valence-corrected chi connectivity index (χ3v) is 12.5. The van der Waals surface area contributed by atoms with E-state index in [4.69, 9.17) is 24.9 Å². The van der Waals surface area contributed by atoms with E-state index in [0.717, 1.165) is 54.8 Å². The van der Waals surface area contributed by atoms with Crippen LogP contribution in [0.1, 0.15) is 85.2 Å². The van der Waals surface area contributed by atoms with E-state index in [2.05, 4.69) is 95.5 Å². The van der Waals surface area contributed by atoms with E-state index in [1.165, 1.54) is 29.7 Å². The quantitative estimate of drug-likeness (QED) is 0.122. The lowest BCUT2D eigenvalue weighted by Crippen LogP contribution is -2.44. The van der Waals surface area contributed by atoms with E-state index >= 15 is 0 Å². The molecule has 1 saturated heterocycles. The molecule has 4 heterocycles. The molecular weight excluding hydrogens is 659 g/mol. The average molecular weight is 719 g/mol. The molecule has 1 aromatic carbocycles. The Morgan fingerprint density at radius 3 is 2.53 bits per heavy atom. The van der Waals surface area contributed by atoms with E-state index < -0.39 is 5.79 Å². The van der Waals surface area contributed by atoms with Gasteiger partial charge in [-0.2, -0.15) is 0 Å². The SMILES string of the molecule is CC(C)N(CC1CC(Cc2nc3cc(C(C)(C)C)ccc3n2COCC[S+](C)C)C1)CC1C[C@@H](n2ccc3c(N)ncnc32)[C@@H]2OC(C)(C)O[C@H]12. The molecule has 2 N–H and O–H groups in total. The Labute approximate surface area is 307 Å². The molecule has 7 rings (SSSR count). The minimum Gasteiger partial charge on any atom is -0.383 e. The number of nitrogen functional groups attached to an aromatic ring is 1. The van der Waals surface area contributed by atoms with Gasteiger partial charge in [-0.05, 0) is 98.9 Å². The first-order valence-electron chi connectivity index (χ1n) is 18.9. The summed E-state index contributed by atoms with van der Waals surface area (Å²) >= 11 is 0. The van der Waals surface area contributed by atoms with Crippen molar-refractivity contribution in [2.75, 3.05) is 43.7 Å². The number of fused-ring (bicyclic) bond motifs is 3. The Hall–Kier alpha value is -2.70. The highest BCUT2D eigenvalue weighted by Crippen LogP contribution is 2.48. The summed E-state index contributed by atoms with van der Waals surface area (Å²) in [5, 5.41) is 0.892. The van der Waals surface area contributed by atoms with Crippen LogP contribution in [0.3, 0.4) is 0 Å². The molecular formula is C40H60N7O3S+. The van der Waals surface area contributed by atoms with Gasteiger partial charge in [0.05, 0.1) is 47.7 Å². The molecule has 4 atom stereocenters. The van der Waals surface area contributed by atoms with Gasteiger partial charge in [0.15, 0.2) is 5.79 Å². The van der Waals surface area contributed by atoms with Crippen LogP contribution in [-0.2, 0) is 43.7 Å². The first kappa shape index (κ1) is 36.6. The number of ether oxygens (including phenoxy) is 3. The van der Waals surface area contributed by atoms with Crippen molar-refractivity contribution < 1.29 is 14.2 Å². The van der Waals surface area contributed by atoms with Crippen LogP contribution >= 0.6 is 0 Å². The summed E-state index contributed by atoms with van der Waals surface area (Å²) in [5.41, 5.74) is 10.8. The second kappa shape index (κ2) is 14.3. The van der Waals surface area contributed by atoms with Gasteiger partial charge in [0.2, 0.25) is 0 Å². The molecule has 1 aliphatic heterocycles. The van der Waals surface area contributed by atoms with Crippen molar-refractivity contribution >= 4 is 38.8 Å². The van der Waals surface area contributed by atoms with Crippen molar-refractivity contribution in [1.29, 1.82) is 0 Å². The molecule has 4 aromatic rings. The smallest absolute Gasteiger partial charge is 0.163 e. The van der Waals surface area contributed by atoms with Crippen molar-refractivity contribution in [2.45, 2.75) is 116 Å². The third kappa shape index (κ3) is 7.70. The summed E-state index contributed by atoms with van der Waals surface area (Å²) < 4.78 is 24.0. The fraction of sp³-hybridized carbons (Fsp3) is 0.675. The number of hydrogen-bond donors (Lipinski definition) is 1. The van der Waals surface area contributed by atoms with Crippen molar-refractivity contribution in [3.63, 3.8) is 0 Å². The van der Waals surface area contributed by atoms with Gasteiger partial charge >= 0.3 is 0 Å². The lowest BCUT2D eigenvalue weighted by Gasteiger charge is -2.41. The number of hydrogen-bond acceptors (Lipinski definition) is 8. The van der Waals surface area contributed by atoms with Crippen LogP contribution in [-0.4, -0.2) is 91.0 Å². The molecule has 278 valence electrons. The number of nitrogens with zero attached hydrogens (tertiary/aromatic N) is 6. The Morgan fingerprint density at radius 1 is 1.04 bits per heavy atom. The molecule has 3 aliphatic rings. The number of benzene rings is 1. The highest BCUT2D eigenvalue weighted by molar-refractivity contribution is 7.95. The van der Waals surface area contributed by atoms with E-state index in [0.29, 0.717) is 47.2 Å². The maximum absolute atomic E-state index is 6.63. The van der Waals surface area contributed by atoms with Crippen molar-refractivity contribution in [3.8, 4) is 0 Å². The molecule has 0 amide bonds. The largest absolute Gasteiger partial charge is 0.383 e. The summed E-state index contributed by atoms with van der Waals surface area (Å²) in [6.45, 7) is 19.0. The topological polar surface area (TPSA) is 105 Å².